The summed E-state index contributed by atoms with van der Waals surface area (Å²) < 4.78 is 0. The van der Waals surface area contributed by atoms with Crippen LogP contribution in [-0.2, 0) is 4.79 Å². The van der Waals surface area contributed by atoms with Crippen molar-refractivity contribution in [2.45, 2.75) is 0 Å². The minimum absolute atomic E-state index is 0.0313. The molecule has 0 spiro atoms. The van der Waals surface area contributed by atoms with Crippen LogP contribution in [0.25, 0.3) is 6.08 Å². The van der Waals surface area contributed by atoms with E-state index in [4.69, 9.17) is 0 Å². The molecule has 0 radical (unpaired) electrons. The Balaban J connectivity index is 1.95. The van der Waals surface area contributed by atoms with E-state index in [2.05, 4.69) is 4.99 Å². The summed E-state index contributed by atoms with van der Waals surface area (Å²) in [6.45, 7) is 0.786. The number of amidine groups is 1. The number of fused-ring (bicyclic) bond motifs is 1. The van der Waals surface area contributed by atoms with Crippen LogP contribution in [0.4, 0.5) is 0 Å². The first-order valence-electron chi connectivity index (χ1n) is 5.15. The molecule has 0 N–H and O–H groups in total. The van der Waals surface area contributed by atoms with Gasteiger partial charge in [0.05, 0.1) is 0 Å². The average Bonchev–Trinajstić information content (AvgIpc) is 2.86. The van der Waals surface area contributed by atoms with Crippen LogP contribution in [0, 0.1) is 0 Å². The molecule has 0 atom stereocenters. The summed E-state index contributed by atoms with van der Waals surface area (Å²) in [7, 11) is 0. The lowest BCUT2D eigenvalue weighted by molar-refractivity contribution is -0.122. The van der Waals surface area contributed by atoms with Crippen LogP contribution < -0.4 is 0 Å². The molecule has 0 aliphatic carbocycles. The van der Waals surface area contributed by atoms with E-state index in [0.717, 1.165) is 23.0 Å². The highest BCUT2D eigenvalue weighted by molar-refractivity contribution is 8.14. The molecule has 1 fully saturated rings. The second-order valence-electron chi connectivity index (χ2n) is 3.64. The lowest BCUT2D eigenvalue weighted by Gasteiger charge is -2.05. The maximum atomic E-state index is 11.9. The number of rotatable bonds is 1. The first-order valence-corrected chi connectivity index (χ1v) is 6.13. The van der Waals surface area contributed by atoms with E-state index in [-0.39, 0.29) is 5.91 Å². The molecular formula is C12H10N2OS. The van der Waals surface area contributed by atoms with Gasteiger partial charge in [-0.3, -0.25) is 9.69 Å². The molecule has 1 aromatic rings. The van der Waals surface area contributed by atoms with E-state index in [1.165, 1.54) is 0 Å². The average molecular weight is 230 g/mol. The molecule has 2 aliphatic heterocycles. The Labute approximate surface area is 97.9 Å². The summed E-state index contributed by atoms with van der Waals surface area (Å²) >= 11 is 1.65. The van der Waals surface area contributed by atoms with E-state index >= 15 is 0 Å². The molecule has 1 saturated heterocycles. The second-order valence-corrected chi connectivity index (χ2v) is 4.70. The van der Waals surface area contributed by atoms with Gasteiger partial charge in [0.1, 0.15) is 5.70 Å². The van der Waals surface area contributed by atoms with Crippen LogP contribution in [0.3, 0.4) is 0 Å². The van der Waals surface area contributed by atoms with Crippen LogP contribution in [0.15, 0.2) is 41.0 Å². The summed E-state index contributed by atoms with van der Waals surface area (Å²) in [4.78, 5) is 18.0. The van der Waals surface area contributed by atoms with Gasteiger partial charge in [-0.05, 0) is 11.6 Å². The van der Waals surface area contributed by atoms with Gasteiger partial charge in [-0.15, -0.1) is 0 Å². The van der Waals surface area contributed by atoms with Gasteiger partial charge in [-0.2, -0.15) is 0 Å². The third kappa shape index (κ3) is 1.55. The van der Waals surface area contributed by atoms with Gasteiger partial charge in [0.15, 0.2) is 5.17 Å². The Kier molecular flexibility index (Phi) is 2.29. The van der Waals surface area contributed by atoms with Gasteiger partial charge < -0.3 is 0 Å². The van der Waals surface area contributed by atoms with Gasteiger partial charge in [0.2, 0.25) is 0 Å². The molecule has 1 aromatic carbocycles. The Morgan fingerprint density at radius 2 is 2.12 bits per heavy atom. The highest BCUT2D eigenvalue weighted by Crippen LogP contribution is 2.28. The fourth-order valence-electron chi connectivity index (χ4n) is 1.77. The van der Waals surface area contributed by atoms with Crippen LogP contribution in [-0.4, -0.2) is 28.3 Å². The Bertz CT molecular complexity index is 493. The lowest BCUT2D eigenvalue weighted by atomic mass is 10.2. The summed E-state index contributed by atoms with van der Waals surface area (Å²) in [5.41, 5.74) is 1.56. The summed E-state index contributed by atoms with van der Waals surface area (Å²) in [5, 5.41) is 0.854. The number of aliphatic imine (C=N–C) groups is 1. The molecule has 16 heavy (non-hydrogen) atoms. The third-order valence-corrected chi connectivity index (χ3v) is 3.52. The van der Waals surface area contributed by atoms with Crippen molar-refractivity contribution >= 4 is 28.9 Å². The third-order valence-electron chi connectivity index (χ3n) is 2.56. The molecule has 0 aromatic heterocycles. The molecule has 2 heterocycles. The number of nitrogens with zero attached hydrogens (tertiary/aromatic N) is 2. The smallest absolute Gasteiger partial charge is 0.278 e. The van der Waals surface area contributed by atoms with Crippen molar-refractivity contribution in [2.75, 3.05) is 12.3 Å². The van der Waals surface area contributed by atoms with Crippen LogP contribution >= 0.6 is 11.8 Å². The van der Waals surface area contributed by atoms with E-state index in [0.29, 0.717) is 5.70 Å². The molecule has 0 unspecified atom stereocenters. The molecule has 4 heteroatoms. The maximum absolute atomic E-state index is 11.9. The molecule has 2 aliphatic rings. The van der Waals surface area contributed by atoms with Crippen molar-refractivity contribution in [2.24, 2.45) is 4.99 Å². The molecule has 1 amide bonds. The number of hydrogen-bond donors (Lipinski definition) is 0. The second kappa shape index (κ2) is 3.79. The van der Waals surface area contributed by atoms with Gasteiger partial charge in [0, 0.05) is 12.3 Å². The van der Waals surface area contributed by atoms with Crippen molar-refractivity contribution in [3.05, 3.63) is 41.6 Å². The molecule has 3 rings (SSSR count). The normalized spacial score (nSPS) is 21.5. The Hall–Kier alpha value is -1.55. The van der Waals surface area contributed by atoms with Crippen molar-refractivity contribution in [1.29, 1.82) is 0 Å². The minimum Gasteiger partial charge on any atom is -0.285 e. The lowest BCUT2D eigenvalue weighted by Crippen LogP contribution is -2.26. The van der Waals surface area contributed by atoms with E-state index in [1.54, 1.807) is 16.7 Å². The number of benzene rings is 1. The Morgan fingerprint density at radius 3 is 2.88 bits per heavy atom. The fraction of sp³-hybridized carbons (Fsp3) is 0.167. The molecule has 3 nitrogen and oxygen atoms in total. The number of hydrogen-bond acceptors (Lipinski definition) is 3. The zero-order chi connectivity index (χ0) is 11.0. The monoisotopic (exact) mass is 230 g/mol. The van der Waals surface area contributed by atoms with E-state index in [1.807, 2.05) is 36.4 Å². The van der Waals surface area contributed by atoms with E-state index in [9.17, 15) is 4.79 Å². The summed E-state index contributed by atoms with van der Waals surface area (Å²) in [6.07, 6.45) is 1.84. The quantitative estimate of drug-likeness (QED) is 0.691. The first-order chi connectivity index (χ1) is 7.84. The number of thioether (sulfide) groups is 1. The minimum atomic E-state index is 0.0313. The van der Waals surface area contributed by atoms with Crippen molar-refractivity contribution in [3.63, 3.8) is 0 Å². The summed E-state index contributed by atoms with van der Waals surface area (Å²) in [5.74, 6) is 0.993. The van der Waals surface area contributed by atoms with Gasteiger partial charge in [-0.25, -0.2) is 4.99 Å². The van der Waals surface area contributed by atoms with Crippen LogP contribution in [0.2, 0.25) is 0 Å². The van der Waals surface area contributed by atoms with Crippen molar-refractivity contribution in [3.8, 4) is 0 Å². The molecule has 80 valence electrons. The number of amides is 1. The molecule has 0 saturated carbocycles. The highest BCUT2D eigenvalue weighted by Gasteiger charge is 2.33. The predicted molar refractivity (Wildman–Crippen MR) is 66.0 cm³/mol. The Morgan fingerprint density at radius 1 is 1.31 bits per heavy atom. The molecule has 0 bridgehead atoms. The van der Waals surface area contributed by atoms with Crippen molar-refractivity contribution < 1.29 is 4.79 Å². The van der Waals surface area contributed by atoms with Crippen LogP contribution in [0.5, 0.6) is 0 Å². The zero-order valence-corrected chi connectivity index (χ0v) is 9.41. The SMILES string of the molecule is O=C1C(=Cc2ccccc2)N=C2SCCN12. The number of carbonyl (C=O) groups excluding carboxylic acids is 1. The van der Waals surface area contributed by atoms with Gasteiger partial charge in [0.25, 0.3) is 5.91 Å². The number of carbonyl (C=O) groups is 1. The maximum Gasteiger partial charge on any atom is 0.278 e. The highest BCUT2D eigenvalue weighted by atomic mass is 32.2. The topological polar surface area (TPSA) is 32.7 Å². The van der Waals surface area contributed by atoms with Gasteiger partial charge >= 0.3 is 0 Å². The first kappa shape index (κ1) is 9.66. The summed E-state index contributed by atoms with van der Waals surface area (Å²) in [6, 6.07) is 9.80. The van der Waals surface area contributed by atoms with Crippen molar-refractivity contribution in [1.82, 2.24) is 4.90 Å². The largest absolute Gasteiger partial charge is 0.285 e. The predicted octanol–water partition coefficient (Wildman–Crippen LogP) is 1.97. The fourth-order valence-corrected chi connectivity index (χ4v) is 2.72. The van der Waals surface area contributed by atoms with Crippen LogP contribution in [0.1, 0.15) is 5.56 Å². The standard InChI is InChI=1S/C12H10N2OS/c15-11-10(8-9-4-2-1-3-5-9)13-12-14(11)6-7-16-12/h1-5,8H,6-7H2. The van der Waals surface area contributed by atoms with Gasteiger partial charge in [-0.1, -0.05) is 42.1 Å². The van der Waals surface area contributed by atoms with E-state index < -0.39 is 0 Å². The zero-order valence-electron chi connectivity index (χ0n) is 8.59. The molecular weight excluding hydrogens is 220 g/mol.